The Hall–Kier alpha value is -1.96. The van der Waals surface area contributed by atoms with Crippen LogP contribution in [-0.4, -0.2) is 30.1 Å². The van der Waals surface area contributed by atoms with Gasteiger partial charge in [-0.15, -0.1) is 0 Å². The van der Waals surface area contributed by atoms with Crippen molar-refractivity contribution in [3.8, 4) is 0 Å². The van der Waals surface area contributed by atoms with Crippen LogP contribution in [0.15, 0.2) is 14.6 Å². The number of rotatable bonds is 6. The van der Waals surface area contributed by atoms with Gasteiger partial charge in [0.05, 0.1) is 5.25 Å². The van der Waals surface area contributed by atoms with Gasteiger partial charge in [-0.2, -0.15) is 0 Å². The van der Waals surface area contributed by atoms with Crippen molar-refractivity contribution in [3.63, 3.8) is 0 Å². The zero-order valence-electron chi connectivity index (χ0n) is 15.5. The van der Waals surface area contributed by atoms with Crippen molar-refractivity contribution >= 4 is 28.6 Å². The van der Waals surface area contributed by atoms with Gasteiger partial charge in [-0.25, -0.2) is 14.8 Å². The van der Waals surface area contributed by atoms with Crippen LogP contribution in [0.1, 0.15) is 52.8 Å². The van der Waals surface area contributed by atoms with Gasteiger partial charge < -0.3 is 0 Å². The zero-order chi connectivity index (χ0) is 18.9. The fourth-order valence-corrected chi connectivity index (χ4v) is 3.32. The summed E-state index contributed by atoms with van der Waals surface area (Å²) < 4.78 is 2.60. The molecule has 8 heteroatoms. The average Bonchev–Trinajstić information content (AvgIpc) is 2.55. The van der Waals surface area contributed by atoms with Gasteiger partial charge in [0.15, 0.2) is 5.65 Å². The Morgan fingerprint density at radius 2 is 1.84 bits per heavy atom. The summed E-state index contributed by atoms with van der Waals surface area (Å²) >= 11 is 1.24. The van der Waals surface area contributed by atoms with E-state index < -0.39 is 5.56 Å². The molecular weight excluding hydrogens is 340 g/mol. The highest BCUT2D eigenvalue weighted by Crippen LogP contribution is 2.28. The second kappa shape index (κ2) is 7.51. The Kier molecular flexibility index (Phi) is 5.82. The maximum absolute atomic E-state index is 12.7. The van der Waals surface area contributed by atoms with Gasteiger partial charge in [0, 0.05) is 19.5 Å². The van der Waals surface area contributed by atoms with Gasteiger partial charge in [0.25, 0.3) is 5.56 Å². The highest BCUT2D eigenvalue weighted by molar-refractivity contribution is 8.00. The standard InChI is InChI=1S/C17H24N4O3S/c1-7-8-21-14-12(16(23)20(6)17(21)24)15(25-11(5)10(4)22)19-13(18-14)9(2)3/h9,11H,7-8H2,1-6H3/t11-/m1/s1. The van der Waals surface area contributed by atoms with E-state index in [1.165, 1.54) is 30.3 Å². The lowest BCUT2D eigenvalue weighted by Gasteiger charge is -2.16. The molecule has 0 fully saturated rings. The lowest BCUT2D eigenvalue weighted by atomic mass is 10.2. The lowest BCUT2D eigenvalue weighted by Crippen LogP contribution is -2.39. The molecule has 136 valence electrons. The number of carbonyl (C=O) groups is 1. The van der Waals surface area contributed by atoms with E-state index in [0.717, 1.165) is 11.0 Å². The highest BCUT2D eigenvalue weighted by Gasteiger charge is 2.22. The number of carbonyl (C=O) groups excluding carboxylic acids is 1. The van der Waals surface area contributed by atoms with Gasteiger partial charge in [0.1, 0.15) is 22.0 Å². The molecule has 0 aliphatic heterocycles. The molecule has 2 heterocycles. The molecule has 0 radical (unpaired) electrons. The molecule has 0 saturated carbocycles. The number of aromatic nitrogens is 4. The molecule has 0 amide bonds. The van der Waals surface area contributed by atoms with E-state index in [0.29, 0.717) is 28.4 Å². The lowest BCUT2D eigenvalue weighted by molar-refractivity contribution is -0.116. The molecule has 0 bridgehead atoms. The third kappa shape index (κ3) is 3.68. The predicted molar refractivity (Wildman–Crippen MR) is 99.4 cm³/mol. The smallest absolute Gasteiger partial charge is 0.299 e. The van der Waals surface area contributed by atoms with Crippen LogP contribution in [0.5, 0.6) is 0 Å². The molecule has 0 saturated heterocycles. The quantitative estimate of drug-likeness (QED) is 0.576. The Morgan fingerprint density at radius 3 is 2.36 bits per heavy atom. The first-order valence-corrected chi connectivity index (χ1v) is 9.25. The van der Waals surface area contributed by atoms with E-state index in [4.69, 9.17) is 0 Å². The van der Waals surface area contributed by atoms with E-state index in [2.05, 4.69) is 9.97 Å². The van der Waals surface area contributed by atoms with Crippen LogP contribution < -0.4 is 11.2 Å². The first-order chi connectivity index (χ1) is 11.7. The number of fused-ring (bicyclic) bond motifs is 1. The molecule has 2 aromatic heterocycles. The summed E-state index contributed by atoms with van der Waals surface area (Å²) in [5.41, 5.74) is -0.462. The Bertz CT molecular complexity index is 930. The van der Waals surface area contributed by atoms with Gasteiger partial charge in [-0.3, -0.25) is 18.7 Å². The monoisotopic (exact) mass is 364 g/mol. The van der Waals surface area contributed by atoms with Gasteiger partial charge in [-0.1, -0.05) is 32.5 Å². The third-order valence-electron chi connectivity index (χ3n) is 3.99. The Balaban J connectivity index is 2.93. The second-order valence-corrected chi connectivity index (χ2v) is 7.74. The predicted octanol–water partition coefficient (Wildman–Crippen LogP) is 2.09. The van der Waals surface area contributed by atoms with Crippen LogP contribution in [0.4, 0.5) is 0 Å². The summed E-state index contributed by atoms with van der Waals surface area (Å²) in [6, 6.07) is 0. The van der Waals surface area contributed by atoms with Crippen molar-refractivity contribution in [2.75, 3.05) is 0 Å². The van der Waals surface area contributed by atoms with Crippen molar-refractivity contribution < 1.29 is 4.79 Å². The summed E-state index contributed by atoms with van der Waals surface area (Å²) in [6.07, 6.45) is 0.737. The summed E-state index contributed by atoms with van der Waals surface area (Å²) in [7, 11) is 1.45. The van der Waals surface area contributed by atoms with E-state index in [1.54, 1.807) is 6.92 Å². The molecule has 1 atom stereocenters. The largest absolute Gasteiger partial charge is 0.332 e. The molecule has 0 aliphatic carbocycles. The molecule has 25 heavy (non-hydrogen) atoms. The molecular formula is C17H24N4O3S. The number of nitrogens with zero attached hydrogens (tertiary/aromatic N) is 4. The minimum atomic E-state index is -0.430. The summed E-state index contributed by atoms with van der Waals surface area (Å²) in [5.74, 6) is 0.593. The SMILES string of the molecule is CCCn1c(=O)n(C)c(=O)c2c(S[C@H](C)C(C)=O)nc(C(C)C)nc21. The highest BCUT2D eigenvalue weighted by atomic mass is 32.2. The molecule has 0 aromatic carbocycles. The van der Waals surface area contributed by atoms with Crippen LogP contribution in [0, 0.1) is 0 Å². The van der Waals surface area contributed by atoms with E-state index >= 15 is 0 Å². The van der Waals surface area contributed by atoms with Crippen molar-refractivity contribution in [3.05, 3.63) is 26.7 Å². The van der Waals surface area contributed by atoms with Gasteiger partial charge in [0.2, 0.25) is 0 Å². The van der Waals surface area contributed by atoms with Crippen LogP contribution in [0.25, 0.3) is 11.0 Å². The molecule has 2 aromatic rings. The van der Waals surface area contributed by atoms with Gasteiger partial charge in [-0.05, 0) is 20.3 Å². The molecule has 0 aliphatic rings. The number of thioether (sulfide) groups is 1. The van der Waals surface area contributed by atoms with Crippen molar-refractivity contribution in [1.29, 1.82) is 0 Å². The van der Waals surface area contributed by atoms with Gasteiger partial charge >= 0.3 is 5.69 Å². The minimum Gasteiger partial charge on any atom is -0.299 e. The second-order valence-electron chi connectivity index (χ2n) is 6.41. The molecule has 7 nitrogen and oxygen atoms in total. The minimum absolute atomic E-state index is 0.00145. The summed E-state index contributed by atoms with van der Waals surface area (Å²) in [5, 5.41) is 0.425. The van der Waals surface area contributed by atoms with Crippen molar-refractivity contribution in [1.82, 2.24) is 19.1 Å². The normalized spacial score (nSPS) is 12.8. The Labute approximate surface area is 150 Å². The van der Waals surface area contributed by atoms with E-state index in [-0.39, 0.29) is 22.6 Å². The van der Waals surface area contributed by atoms with E-state index in [9.17, 15) is 14.4 Å². The number of ketones is 1. The molecule has 0 N–H and O–H groups in total. The number of hydrogen-bond donors (Lipinski definition) is 0. The van der Waals surface area contributed by atoms with E-state index in [1.807, 2.05) is 20.8 Å². The maximum Gasteiger partial charge on any atom is 0.332 e. The fourth-order valence-electron chi connectivity index (χ4n) is 2.37. The molecule has 2 rings (SSSR count). The zero-order valence-corrected chi connectivity index (χ0v) is 16.3. The van der Waals surface area contributed by atoms with Crippen LogP contribution in [-0.2, 0) is 18.4 Å². The summed E-state index contributed by atoms with van der Waals surface area (Å²) in [6.45, 7) is 9.62. The topological polar surface area (TPSA) is 86.9 Å². The number of Topliss-reactive ketones (excluding diaryl/α,β-unsaturated/α-hetero) is 1. The third-order valence-corrected chi connectivity index (χ3v) is 5.19. The molecule has 0 spiro atoms. The summed E-state index contributed by atoms with van der Waals surface area (Å²) in [4.78, 5) is 46.0. The first kappa shape index (κ1) is 19.4. The van der Waals surface area contributed by atoms with Crippen LogP contribution >= 0.6 is 11.8 Å². The van der Waals surface area contributed by atoms with Crippen molar-refractivity contribution in [2.45, 2.75) is 63.8 Å². The number of hydrogen-bond acceptors (Lipinski definition) is 6. The first-order valence-electron chi connectivity index (χ1n) is 8.37. The maximum atomic E-state index is 12.7. The van der Waals surface area contributed by atoms with Crippen LogP contribution in [0.2, 0.25) is 0 Å². The Morgan fingerprint density at radius 1 is 1.20 bits per heavy atom. The number of aryl methyl sites for hydroxylation is 1. The molecule has 0 unspecified atom stereocenters. The fraction of sp³-hybridized carbons (Fsp3) is 0.588. The average molecular weight is 364 g/mol. The van der Waals surface area contributed by atoms with Crippen molar-refractivity contribution in [2.24, 2.45) is 7.05 Å². The van der Waals surface area contributed by atoms with Crippen LogP contribution in [0.3, 0.4) is 0 Å².